The highest BCUT2D eigenvalue weighted by Gasteiger charge is 2.11. The summed E-state index contributed by atoms with van der Waals surface area (Å²) < 4.78 is 10.6. The van der Waals surface area contributed by atoms with Gasteiger partial charge in [0.15, 0.2) is 0 Å². The zero-order valence-electron chi connectivity index (χ0n) is 17.3. The maximum Gasteiger partial charge on any atom is 0.343 e. The number of para-hydroxylation sites is 1. The summed E-state index contributed by atoms with van der Waals surface area (Å²) in [6.07, 6.45) is 1.44. The Labute approximate surface area is 185 Å². The van der Waals surface area contributed by atoms with E-state index in [9.17, 15) is 9.59 Å². The zero-order valence-corrected chi connectivity index (χ0v) is 17.3. The van der Waals surface area contributed by atoms with Crippen LogP contribution in [0.5, 0.6) is 11.5 Å². The number of esters is 1. The SMILES string of the molecule is COc1ccc(C(=O)Oc2ccccc2/C=N\NC(=O)c2ccc3ccccc3c2)cc1. The lowest BCUT2D eigenvalue weighted by molar-refractivity contribution is 0.0734. The highest BCUT2D eigenvalue weighted by molar-refractivity contribution is 5.99. The largest absolute Gasteiger partial charge is 0.497 e. The third-order valence-corrected chi connectivity index (χ3v) is 4.83. The Kier molecular flexibility index (Phi) is 6.22. The van der Waals surface area contributed by atoms with Crippen LogP contribution >= 0.6 is 0 Å². The third kappa shape index (κ3) is 4.82. The molecule has 4 aromatic rings. The maximum absolute atomic E-state index is 12.5. The predicted molar refractivity (Wildman–Crippen MR) is 123 cm³/mol. The number of hydrogen-bond acceptors (Lipinski definition) is 5. The number of nitrogens with zero attached hydrogens (tertiary/aromatic N) is 1. The summed E-state index contributed by atoms with van der Waals surface area (Å²) >= 11 is 0. The molecule has 32 heavy (non-hydrogen) atoms. The highest BCUT2D eigenvalue weighted by atomic mass is 16.5. The molecule has 0 saturated carbocycles. The van der Waals surface area contributed by atoms with Gasteiger partial charge in [0.1, 0.15) is 11.5 Å². The van der Waals surface area contributed by atoms with Crippen molar-refractivity contribution in [2.45, 2.75) is 0 Å². The molecular formula is C26H20N2O4. The Morgan fingerprint density at radius 1 is 0.812 bits per heavy atom. The van der Waals surface area contributed by atoms with E-state index in [0.717, 1.165) is 10.8 Å². The van der Waals surface area contributed by atoms with E-state index in [1.54, 1.807) is 61.7 Å². The van der Waals surface area contributed by atoms with Crippen LogP contribution in [0.15, 0.2) is 96.1 Å². The van der Waals surface area contributed by atoms with E-state index < -0.39 is 5.97 Å². The number of hydrogen-bond donors (Lipinski definition) is 1. The van der Waals surface area contributed by atoms with Gasteiger partial charge in [-0.25, -0.2) is 10.2 Å². The number of hydrazone groups is 1. The van der Waals surface area contributed by atoms with Gasteiger partial charge in [-0.2, -0.15) is 5.10 Å². The standard InChI is InChI=1S/C26H20N2O4/c1-31-23-14-12-19(13-15-23)26(30)32-24-9-5-4-8-22(24)17-27-28-25(29)21-11-10-18-6-2-3-7-20(18)16-21/h2-17H,1H3,(H,28,29)/b27-17-. The van der Waals surface area contributed by atoms with Crippen LogP contribution < -0.4 is 14.9 Å². The molecule has 0 spiro atoms. The van der Waals surface area contributed by atoms with Gasteiger partial charge in [-0.3, -0.25) is 4.79 Å². The van der Waals surface area contributed by atoms with Crippen LogP contribution in [0.1, 0.15) is 26.3 Å². The third-order valence-electron chi connectivity index (χ3n) is 4.83. The van der Waals surface area contributed by atoms with Crippen LogP contribution in [0.3, 0.4) is 0 Å². The highest BCUT2D eigenvalue weighted by Crippen LogP contribution is 2.19. The van der Waals surface area contributed by atoms with Crippen molar-refractivity contribution >= 4 is 28.9 Å². The monoisotopic (exact) mass is 424 g/mol. The Morgan fingerprint density at radius 3 is 2.28 bits per heavy atom. The number of nitrogens with one attached hydrogen (secondary N) is 1. The molecule has 0 heterocycles. The Morgan fingerprint density at radius 2 is 1.50 bits per heavy atom. The molecule has 6 nitrogen and oxygen atoms in total. The van der Waals surface area contributed by atoms with Crippen LogP contribution in [-0.4, -0.2) is 25.2 Å². The van der Waals surface area contributed by atoms with Crippen molar-refractivity contribution in [3.8, 4) is 11.5 Å². The van der Waals surface area contributed by atoms with Gasteiger partial charge >= 0.3 is 5.97 Å². The number of fused-ring (bicyclic) bond motifs is 1. The van der Waals surface area contributed by atoms with E-state index in [2.05, 4.69) is 10.5 Å². The number of carbonyl (C=O) groups is 2. The van der Waals surface area contributed by atoms with E-state index in [1.807, 2.05) is 36.4 Å². The van der Waals surface area contributed by atoms with Gasteiger partial charge in [0.2, 0.25) is 0 Å². The first-order valence-corrected chi connectivity index (χ1v) is 9.91. The fourth-order valence-corrected chi connectivity index (χ4v) is 3.12. The van der Waals surface area contributed by atoms with Gasteiger partial charge in [0.25, 0.3) is 5.91 Å². The molecule has 0 bridgehead atoms. The first-order chi connectivity index (χ1) is 15.6. The second kappa shape index (κ2) is 9.57. The second-order valence-corrected chi connectivity index (χ2v) is 6.92. The minimum atomic E-state index is -0.506. The fourth-order valence-electron chi connectivity index (χ4n) is 3.12. The van der Waals surface area contributed by atoms with Crippen molar-refractivity contribution in [1.82, 2.24) is 5.43 Å². The molecule has 0 saturated heterocycles. The maximum atomic E-state index is 12.5. The average molecular weight is 424 g/mol. The average Bonchev–Trinajstić information content (AvgIpc) is 2.84. The van der Waals surface area contributed by atoms with Gasteiger partial charge in [0, 0.05) is 11.1 Å². The van der Waals surface area contributed by atoms with Gasteiger partial charge < -0.3 is 9.47 Å². The molecule has 4 aromatic carbocycles. The minimum absolute atomic E-state index is 0.331. The molecule has 0 aliphatic carbocycles. The molecule has 158 valence electrons. The van der Waals surface area contributed by atoms with Gasteiger partial charge in [-0.15, -0.1) is 0 Å². The Bertz CT molecular complexity index is 1300. The molecule has 1 amide bonds. The smallest absolute Gasteiger partial charge is 0.343 e. The van der Waals surface area contributed by atoms with Crippen LogP contribution in [0.4, 0.5) is 0 Å². The number of benzene rings is 4. The summed E-state index contributed by atoms with van der Waals surface area (Å²) in [6.45, 7) is 0. The molecule has 1 N–H and O–H groups in total. The van der Waals surface area contributed by atoms with Crippen molar-refractivity contribution in [1.29, 1.82) is 0 Å². The van der Waals surface area contributed by atoms with Crippen molar-refractivity contribution in [3.63, 3.8) is 0 Å². The van der Waals surface area contributed by atoms with Crippen LogP contribution in [0.25, 0.3) is 10.8 Å². The van der Waals surface area contributed by atoms with Crippen molar-refractivity contribution < 1.29 is 19.1 Å². The van der Waals surface area contributed by atoms with Crippen LogP contribution in [0.2, 0.25) is 0 Å². The first kappa shape index (κ1) is 20.8. The lowest BCUT2D eigenvalue weighted by atomic mass is 10.1. The van der Waals surface area contributed by atoms with Crippen LogP contribution in [-0.2, 0) is 0 Å². The molecule has 0 aliphatic rings. The van der Waals surface area contributed by atoms with E-state index in [1.165, 1.54) is 6.21 Å². The molecule has 0 fully saturated rings. The number of ether oxygens (including phenoxy) is 2. The molecule has 4 rings (SSSR count). The summed E-state index contributed by atoms with van der Waals surface area (Å²) in [7, 11) is 1.56. The Balaban J connectivity index is 1.44. The molecule has 0 unspecified atom stereocenters. The van der Waals surface area contributed by atoms with E-state index >= 15 is 0 Å². The van der Waals surface area contributed by atoms with E-state index in [0.29, 0.717) is 28.2 Å². The number of rotatable bonds is 6. The summed E-state index contributed by atoms with van der Waals surface area (Å²) in [5.41, 5.74) is 3.95. The first-order valence-electron chi connectivity index (χ1n) is 9.91. The summed E-state index contributed by atoms with van der Waals surface area (Å²) in [5, 5.41) is 6.06. The van der Waals surface area contributed by atoms with Crippen molar-refractivity contribution in [2.75, 3.05) is 7.11 Å². The van der Waals surface area contributed by atoms with E-state index in [4.69, 9.17) is 9.47 Å². The summed E-state index contributed by atoms with van der Waals surface area (Å²) in [5.74, 6) is 0.140. The lowest BCUT2D eigenvalue weighted by Crippen LogP contribution is -2.17. The van der Waals surface area contributed by atoms with Crippen molar-refractivity contribution in [3.05, 3.63) is 108 Å². The minimum Gasteiger partial charge on any atom is -0.497 e. The van der Waals surface area contributed by atoms with E-state index in [-0.39, 0.29) is 5.91 Å². The van der Waals surface area contributed by atoms with Gasteiger partial charge in [-0.05, 0) is 59.3 Å². The molecular weight excluding hydrogens is 404 g/mol. The Hall–Kier alpha value is -4.45. The normalized spacial score (nSPS) is 10.8. The molecule has 6 heteroatoms. The number of amides is 1. The van der Waals surface area contributed by atoms with Gasteiger partial charge in [0.05, 0.1) is 18.9 Å². The van der Waals surface area contributed by atoms with Crippen molar-refractivity contribution in [2.24, 2.45) is 5.10 Å². The molecule has 0 atom stereocenters. The fraction of sp³-hybridized carbons (Fsp3) is 0.0385. The molecule has 0 aliphatic heterocycles. The summed E-state index contributed by atoms with van der Waals surface area (Å²) in [4.78, 5) is 24.9. The van der Waals surface area contributed by atoms with Gasteiger partial charge in [-0.1, -0.05) is 42.5 Å². The molecule has 0 radical (unpaired) electrons. The second-order valence-electron chi connectivity index (χ2n) is 6.92. The topological polar surface area (TPSA) is 77.0 Å². The zero-order chi connectivity index (χ0) is 22.3. The lowest BCUT2D eigenvalue weighted by Gasteiger charge is -2.08. The number of methoxy groups -OCH3 is 1. The quantitative estimate of drug-likeness (QED) is 0.208. The number of carbonyl (C=O) groups excluding carboxylic acids is 2. The summed E-state index contributed by atoms with van der Waals surface area (Å²) in [6, 6.07) is 26.8. The predicted octanol–water partition coefficient (Wildman–Crippen LogP) is 4.83. The molecule has 0 aromatic heterocycles. The van der Waals surface area contributed by atoms with Crippen LogP contribution in [0, 0.1) is 0 Å².